The second kappa shape index (κ2) is 15.9. The van der Waals surface area contributed by atoms with Gasteiger partial charge in [0.2, 0.25) is 0 Å². The van der Waals surface area contributed by atoms with Gasteiger partial charge in [0.25, 0.3) is 0 Å². The van der Waals surface area contributed by atoms with Gasteiger partial charge in [0.1, 0.15) is 26.3 Å². The zero-order valence-corrected chi connectivity index (χ0v) is 19.5. The summed E-state index contributed by atoms with van der Waals surface area (Å²) in [7, 11) is 3.25. The van der Waals surface area contributed by atoms with Crippen molar-refractivity contribution in [3.63, 3.8) is 0 Å². The standard InChI is InChI=1S/C20H35N3O10/c1-4-19(30)32-11-9-23(3,15-18(28)29)10-12-33-20(31)5-6-22(14-17(26)27)8-7-21(2)13-16(24)25/h4-15H2,1-3H3,(H2-,24,25,26,27,28,29)/p+1. The monoisotopic (exact) mass is 478 g/mol. The molecule has 0 saturated carbocycles. The van der Waals surface area contributed by atoms with Crippen molar-refractivity contribution in [1.82, 2.24) is 9.80 Å². The summed E-state index contributed by atoms with van der Waals surface area (Å²) < 4.78 is 10.2. The minimum atomic E-state index is -1.07. The van der Waals surface area contributed by atoms with Crippen LogP contribution in [0.3, 0.4) is 0 Å². The molecule has 1 atom stereocenters. The molecule has 0 amide bonds. The molecule has 1 unspecified atom stereocenters. The van der Waals surface area contributed by atoms with Crippen molar-refractivity contribution in [1.29, 1.82) is 0 Å². The van der Waals surface area contributed by atoms with E-state index in [1.807, 2.05) is 0 Å². The third-order valence-corrected chi connectivity index (χ3v) is 4.79. The second-order valence-electron chi connectivity index (χ2n) is 7.96. The Kier molecular flexibility index (Phi) is 14.6. The van der Waals surface area contributed by atoms with E-state index in [2.05, 4.69) is 0 Å². The average Bonchev–Trinajstić information content (AvgIpc) is 2.68. The lowest BCUT2D eigenvalue weighted by atomic mass is 10.3. The average molecular weight is 479 g/mol. The molecule has 0 heterocycles. The maximum absolute atomic E-state index is 12.1. The van der Waals surface area contributed by atoms with Gasteiger partial charge in [0, 0.05) is 26.1 Å². The van der Waals surface area contributed by atoms with Crippen molar-refractivity contribution < 1.29 is 53.2 Å². The van der Waals surface area contributed by atoms with Gasteiger partial charge in [-0.15, -0.1) is 0 Å². The largest absolute Gasteiger partial charge is 0.480 e. The summed E-state index contributed by atoms with van der Waals surface area (Å²) in [5.74, 6) is -4.06. The van der Waals surface area contributed by atoms with Gasteiger partial charge < -0.3 is 29.3 Å². The molecule has 0 bridgehead atoms. The Bertz CT molecular complexity index is 672. The fraction of sp³-hybridized carbons (Fsp3) is 0.750. The van der Waals surface area contributed by atoms with Gasteiger partial charge in [-0.1, -0.05) is 6.92 Å². The van der Waals surface area contributed by atoms with Crippen molar-refractivity contribution in [3.8, 4) is 0 Å². The van der Waals surface area contributed by atoms with Gasteiger partial charge >= 0.3 is 29.8 Å². The first-order valence-corrected chi connectivity index (χ1v) is 10.6. The van der Waals surface area contributed by atoms with E-state index in [1.165, 1.54) is 9.80 Å². The van der Waals surface area contributed by atoms with Gasteiger partial charge in [-0.25, -0.2) is 4.79 Å². The van der Waals surface area contributed by atoms with Crippen molar-refractivity contribution in [3.05, 3.63) is 0 Å². The second-order valence-corrected chi connectivity index (χ2v) is 7.96. The summed E-state index contributed by atoms with van der Waals surface area (Å²) in [5.41, 5.74) is 0. The highest BCUT2D eigenvalue weighted by Gasteiger charge is 2.26. The molecule has 0 aromatic rings. The summed E-state index contributed by atoms with van der Waals surface area (Å²) in [6.07, 6.45) is 0.141. The van der Waals surface area contributed by atoms with Crippen LogP contribution >= 0.6 is 0 Å². The van der Waals surface area contributed by atoms with Crippen LogP contribution in [0.2, 0.25) is 0 Å². The van der Waals surface area contributed by atoms with Crippen molar-refractivity contribution >= 4 is 29.8 Å². The number of carboxylic acid groups (broad SMARTS) is 3. The summed E-state index contributed by atoms with van der Waals surface area (Å²) in [5, 5.41) is 27.0. The highest BCUT2D eigenvalue weighted by atomic mass is 16.5. The molecule has 0 aromatic heterocycles. The van der Waals surface area contributed by atoms with Gasteiger partial charge in [-0.05, 0) is 7.05 Å². The van der Waals surface area contributed by atoms with Crippen LogP contribution in [0.4, 0.5) is 0 Å². The first-order chi connectivity index (χ1) is 15.4. The first kappa shape index (κ1) is 30.2. The lowest BCUT2D eigenvalue weighted by Gasteiger charge is -2.32. The van der Waals surface area contributed by atoms with Crippen molar-refractivity contribution in [2.75, 3.05) is 79.7 Å². The smallest absolute Gasteiger partial charge is 0.359 e. The predicted molar refractivity (Wildman–Crippen MR) is 114 cm³/mol. The number of ether oxygens (including phenoxy) is 2. The Labute approximate surface area is 193 Å². The first-order valence-electron chi connectivity index (χ1n) is 10.6. The Morgan fingerprint density at radius 1 is 0.788 bits per heavy atom. The molecule has 0 rings (SSSR count). The van der Waals surface area contributed by atoms with E-state index in [1.54, 1.807) is 21.0 Å². The third kappa shape index (κ3) is 16.5. The quantitative estimate of drug-likeness (QED) is 0.150. The molecule has 0 aliphatic rings. The van der Waals surface area contributed by atoms with Gasteiger partial charge in [-0.2, -0.15) is 0 Å². The lowest BCUT2D eigenvalue weighted by Crippen LogP contribution is -2.51. The molecule has 0 saturated heterocycles. The van der Waals surface area contributed by atoms with Crippen molar-refractivity contribution in [2.24, 2.45) is 0 Å². The fourth-order valence-corrected chi connectivity index (χ4v) is 2.86. The number of carbonyl (C=O) groups excluding carboxylic acids is 2. The molecule has 3 N–H and O–H groups in total. The SMILES string of the molecule is CCC(=O)OCC[N+](C)(CCOC(=O)CCN(CCN(C)CC(=O)O)CC(=O)O)CC(=O)O. The van der Waals surface area contributed by atoms with Crippen LogP contribution < -0.4 is 0 Å². The Morgan fingerprint density at radius 3 is 1.82 bits per heavy atom. The predicted octanol–water partition coefficient (Wildman–Crippen LogP) is -1.19. The molecule has 0 aromatic carbocycles. The van der Waals surface area contributed by atoms with Crippen LogP contribution in [-0.2, 0) is 33.4 Å². The van der Waals surface area contributed by atoms with Crippen LogP contribution in [0, 0.1) is 0 Å². The van der Waals surface area contributed by atoms with Crippen LogP contribution in [0.25, 0.3) is 0 Å². The number of esters is 2. The zero-order chi connectivity index (χ0) is 25.4. The molecule has 0 aliphatic carbocycles. The van der Waals surface area contributed by atoms with Crippen LogP contribution in [0.15, 0.2) is 0 Å². The molecule has 13 heteroatoms. The molecular formula is C20H36N3O10+. The van der Waals surface area contributed by atoms with E-state index >= 15 is 0 Å². The fourth-order valence-electron chi connectivity index (χ4n) is 2.86. The third-order valence-electron chi connectivity index (χ3n) is 4.79. The summed E-state index contributed by atoms with van der Waals surface area (Å²) >= 11 is 0. The minimum Gasteiger partial charge on any atom is -0.480 e. The molecular weight excluding hydrogens is 442 g/mol. The number of hydrogen-bond acceptors (Lipinski definition) is 9. The molecule has 0 radical (unpaired) electrons. The zero-order valence-electron chi connectivity index (χ0n) is 19.5. The Balaban J connectivity index is 4.57. The molecule has 190 valence electrons. The number of aliphatic carboxylic acids is 3. The van der Waals surface area contributed by atoms with E-state index in [0.29, 0.717) is 6.54 Å². The molecule has 13 nitrogen and oxygen atoms in total. The minimum absolute atomic E-state index is 0.000654. The highest BCUT2D eigenvalue weighted by molar-refractivity contribution is 5.71. The van der Waals surface area contributed by atoms with Crippen LogP contribution in [0.5, 0.6) is 0 Å². The molecule has 0 spiro atoms. The number of nitrogens with zero attached hydrogens (tertiary/aromatic N) is 3. The van der Waals surface area contributed by atoms with E-state index in [4.69, 9.17) is 24.8 Å². The van der Waals surface area contributed by atoms with Gasteiger partial charge in [-0.3, -0.25) is 29.0 Å². The van der Waals surface area contributed by atoms with Crippen molar-refractivity contribution in [2.45, 2.75) is 19.8 Å². The lowest BCUT2D eigenvalue weighted by molar-refractivity contribution is -0.902. The molecule has 0 fully saturated rings. The molecule has 33 heavy (non-hydrogen) atoms. The summed E-state index contributed by atoms with van der Waals surface area (Å²) in [4.78, 5) is 59.3. The maximum Gasteiger partial charge on any atom is 0.359 e. The van der Waals surface area contributed by atoms with E-state index in [9.17, 15) is 24.0 Å². The summed E-state index contributed by atoms with van der Waals surface area (Å²) in [6, 6.07) is 0. The Hall–Kier alpha value is -2.77. The Morgan fingerprint density at radius 2 is 1.33 bits per heavy atom. The number of likely N-dealkylation sites (N-methyl/N-ethyl adjacent to an activating group) is 2. The number of hydrogen-bond donors (Lipinski definition) is 3. The van der Waals surface area contributed by atoms with Gasteiger partial charge in [0.15, 0.2) is 6.54 Å². The normalized spacial score (nSPS) is 12.9. The number of carbonyl (C=O) groups is 5. The topological polar surface area (TPSA) is 171 Å². The van der Waals surface area contributed by atoms with Gasteiger partial charge in [0.05, 0.1) is 26.6 Å². The van der Waals surface area contributed by atoms with E-state index in [0.717, 1.165) is 0 Å². The van der Waals surface area contributed by atoms with Crippen LogP contribution in [-0.4, -0.2) is 139 Å². The van der Waals surface area contributed by atoms with E-state index < -0.39 is 23.9 Å². The number of rotatable bonds is 19. The highest BCUT2D eigenvalue weighted by Crippen LogP contribution is 2.04. The number of carboxylic acids is 3. The maximum atomic E-state index is 12.1. The van der Waals surface area contributed by atoms with E-state index in [-0.39, 0.29) is 82.3 Å². The van der Waals surface area contributed by atoms with Crippen LogP contribution in [0.1, 0.15) is 19.8 Å². The number of quaternary nitrogens is 1. The molecule has 0 aliphatic heterocycles. The summed E-state index contributed by atoms with van der Waals surface area (Å²) in [6.45, 7) is 2.03.